The second-order valence-electron chi connectivity index (χ2n) is 14.4. The highest BCUT2D eigenvalue weighted by molar-refractivity contribution is 7.47. The quantitative estimate of drug-likeness (QED) is 0.0230. The minimum atomic E-state index is -4.27. The number of nitrogens with zero attached hydrogens (tertiary/aromatic N) is 1. The van der Waals surface area contributed by atoms with Crippen molar-refractivity contribution >= 4 is 13.8 Å². The Morgan fingerprint density at radius 3 is 1.57 bits per heavy atom. The molecule has 0 aliphatic heterocycles. The summed E-state index contributed by atoms with van der Waals surface area (Å²) in [5, 5.41) is 0. The highest BCUT2D eigenvalue weighted by Crippen LogP contribution is 2.43. The number of esters is 1. The Bertz CT molecular complexity index is 772. The first kappa shape index (κ1) is 46.1. The molecule has 280 valence electrons. The summed E-state index contributed by atoms with van der Waals surface area (Å²) >= 11 is 0. The average molecular weight is 691 g/mol. The van der Waals surface area contributed by atoms with Crippen molar-refractivity contribution in [3.05, 3.63) is 12.3 Å². The van der Waals surface area contributed by atoms with Gasteiger partial charge in [-0.25, -0.2) is 4.57 Å². The third-order valence-corrected chi connectivity index (χ3v) is 9.41. The lowest BCUT2D eigenvalue weighted by molar-refractivity contribution is -0.870. The fourth-order valence-electron chi connectivity index (χ4n) is 5.34. The fraction of sp³-hybridized carbons (Fsp3) is 0.921. The number of carbonyl (C=O) groups excluding carboxylic acids is 1. The van der Waals surface area contributed by atoms with Crippen molar-refractivity contribution in [2.24, 2.45) is 0 Å². The van der Waals surface area contributed by atoms with Gasteiger partial charge < -0.3 is 18.9 Å². The first-order valence-electron chi connectivity index (χ1n) is 19.5. The number of likely N-dealkylation sites (N-methyl/N-ethyl adjacent to an activating group) is 1. The van der Waals surface area contributed by atoms with Crippen LogP contribution in [-0.4, -0.2) is 69.0 Å². The maximum atomic E-state index is 12.5. The molecule has 0 aliphatic rings. The van der Waals surface area contributed by atoms with Gasteiger partial charge in [0, 0.05) is 6.42 Å². The number of unbranched alkanes of at least 4 members (excludes halogenated alkanes) is 22. The molecule has 1 unspecified atom stereocenters. The van der Waals surface area contributed by atoms with Crippen molar-refractivity contribution in [3.8, 4) is 0 Å². The van der Waals surface area contributed by atoms with Gasteiger partial charge in [0.15, 0.2) is 6.10 Å². The molecule has 1 N–H and O–H groups in total. The van der Waals surface area contributed by atoms with E-state index < -0.39 is 13.9 Å². The average Bonchev–Trinajstić information content (AvgIpc) is 3.01. The van der Waals surface area contributed by atoms with Gasteiger partial charge in [-0.2, -0.15) is 0 Å². The lowest BCUT2D eigenvalue weighted by Gasteiger charge is -2.24. The number of hydrogen-bond acceptors (Lipinski definition) is 6. The predicted molar refractivity (Wildman–Crippen MR) is 196 cm³/mol. The van der Waals surface area contributed by atoms with Crippen LogP contribution in [0.4, 0.5) is 0 Å². The largest absolute Gasteiger partial charge is 0.498 e. The topological polar surface area (TPSA) is 91.3 Å². The summed E-state index contributed by atoms with van der Waals surface area (Å²) in [4.78, 5) is 22.7. The Labute approximate surface area is 290 Å². The lowest BCUT2D eigenvalue weighted by Crippen LogP contribution is -2.37. The molecule has 0 spiro atoms. The van der Waals surface area contributed by atoms with Crippen LogP contribution in [0.3, 0.4) is 0 Å². The second-order valence-corrected chi connectivity index (χ2v) is 15.8. The molecule has 9 heteroatoms. The Balaban J connectivity index is 4.28. The van der Waals surface area contributed by atoms with Crippen LogP contribution in [0.25, 0.3) is 0 Å². The summed E-state index contributed by atoms with van der Waals surface area (Å²) in [7, 11) is 1.64. The number of phosphoric ester groups is 1. The number of rotatable bonds is 36. The van der Waals surface area contributed by atoms with E-state index in [4.69, 9.17) is 18.5 Å². The van der Waals surface area contributed by atoms with Crippen LogP contribution in [0, 0.1) is 0 Å². The minimum absolute atomic E-state index is 0.0532. The van der Waals surface area contributed by atoms with E-state index >= 15 is 0 Å². The van der Waals surface area contributed by atoms with E-state index in [1.807, 2.05) is 27.2 Å². The van der Waals surface area contributed by atoms with E-state index in [9.17, 15) is 14.3 Å². The van der Waals surface area contributed by atoms with Crippen molar-refractivity contribution in [2.75, 3.05) is 47.5 Å². The zero-order valence-corrected chi connectivity index (χ0v) is 32.4. The molecule has 0 aliphatic carbocycles. The summed E-state index contributed by atoms with van der Waals surface area (Å²) in [5.41, 5.74) is 0. The number of quaternary nitrogens is 1. The molecule has 2 atom stereocenters. The first-order valence-corrected chi connectivity index (χ1v) is 21.0. The van der Waals surface area contributed by atoms with Crippen LogP contribution < -0.4 is 0 Å². The molecular weight excluding hydrogens is 613 g/mol. The van der Waals surface area contributed by atoms with Gasteiger partial charge in [0.1, 0.15) is 19.8 Å². The second kappa shape index (κ2) is 32.3. The first-order chi connectivity index (χ1) is 22.6. The van der Waals surface area contributed by atoms with Crippen LogP contribution in [0.2, 0.25) is 0 Å². The fourth-order valence-corrected chi connectivity index (χ4v) is 6.08. The molecular formula is C38H77NO7P+. The van der Waals surface area contributed by atoms with Gasteiger partial charge in [-0.15, -0.1) is 0 Å². The maximum Gasteiger partial charge on any atom is 0.472 e. The van der Waals surface area contributed by atoms with Crippen LogP contribution in [0.1, 0.15) is 174 Å². The number of hydrogen-bond donors (Lipinski definition) is 1. The van der Waals surface area contributed by atoms with E-state index in [-0.39, 0.29) is 25.8 Å². The van der Waals surface area contributed by atoms with Crippen molar-refractivity contribution in [1.82, 2.24) is 0 Å². The molecule has 0 radical (unpaired) electrons. The molecule has 0 saturated heterocycles. The lowest BCUT2D eigenvalue weighted by atomic mass is 10.0. The summed E-state index contributed by atoms with van der Waals surface area (Å²) in [6.07, 6.45) is 33.4. The Kier molecular flexibility index (Phi) is 31.7. The summed E-state index contributed by atoms with van der Waals surface area (Å²) < 4.78 is 34.5. The van der Waals surface area contributed by atoms with Gasteiger partial charge in [0.2, 0.25) is 0 Å². The zero-order valence-electron chi connectivity index (χ0n) is 31.5. The van der Waals surface area contributed by atoms with Gasteiger partial charge in [0.25, 0.3) is 0 Å². The molecule has 0 aromatic heterocycles. The van der Waals surface area contributed by atoms with Crippen molar-refractivity contribution in [1.29, 1.82) is 0 Å². The van der Waals surface area contributed by atoms with Gasteiger partial charge in [-0.05, 0) is 25.3 Å². The standard InChI is InChI=1S/C38H76NO7P/c1-6-8-10-12-14-16-17-18-19-20-21-22-24-26-28-30-33-43-35-37(36-45-47(41,42)44-34-32-39(3,4)5)46-38(40)31-29-27-25-23-15-13-11-9-7-2/h30,33,37H,6-29,31-32,34-36H2,1-5H3/p+1/b33-30-/t37-/m1/s1. The molecule has 0 heterocycles. The Morgan fingerprint density at radius 1 is 0.660 bits per heavy atom. The number of carbonyl (C=O) groups is 1. The molecule has 47 heavy (non-hydrogen) atoms. The number of phosphoric acid groups is 1. The highest BCUT2D eigenvalue weighted by Gasteiger charge is 2.26. The smallest absolute Gasteiger partial charge is 0.472 e. The van der Waals surface area contributed by atoms with Gasteiger partial charge in [-0.3, -0.25) is 13.8 Å². The Morgan fingerprint density at radius 2 is 1.11 bits per heavy atom. The summed E-state index contributed by atoms with van der Waals surface area (Å²) in [6.45, 7) is 4.92. The van der Waals surface area contributed by atoms with Gasteiger partial charge in [-0.1, -0.05) is 149 Å². The van der Waals surface area contributed by atoms with Crippen LogP contribution in [-0.2, 0) is 27.9 Å². The van der Waals surface area contributed by atoms with Crippen molar-refractivity contribution in [3.63, 3.8) is 0 Å². The number of allylic oxidation sites excluding steroid dienone is 1. The summed E-state index contributed by atoms with van der Waals surface area (Å²) in [6, 6.07) is 0. The molecule has 0 fully saturated rings. The molecule has 8 nitrogen and oxygen atoms in total. The zero-order chi connectivity index (χ0) is 34.9. The monoisotopic (exact) mass is 691 g/mol. The van der Waals surface area contributed by atoms with E-state index in [1.54, 1.807) is 6.26 Å². The SMILES string of the molecule is CCCCCCCCCCCCCCCC/C=C\OC[C@H](COP(=O)(O)OCC[N+](C)(C)C)OC(=O)CCCCCCCCCCC. The molecule has 0 aromatic rings. The third kappa shape index (κ3) is 36.2. The Hall–Kier alpha value is -0.920. The van der Waals surface area contributed by atoms with Crippen molar-refractivity contribution < 1.29 is 37.3 Å². The summed E-state index contributed by atoms with van der Waals surface area (Å²) in [5.74, 6) is -0.338. The maximum absolute atomic E-state index is 12.5. The predicted octanol–water partition coefficient (Wildman–Crippen LogP) is 11.1. The van der Waals surface area contributed by atoms with Gasteiger partial charge >= 0.3 is 13.8 Å². The van der Waals surface area contributed by atoms with E-state index in [1.165, 1.54) is 122 Å². The van der Waals surface area contributed by atoms with E-state index in [0.717, 1.165) is 32.1 Å². The highest BCUT2D eigenvalue weighted by atomic mass is 31.2. The van der Waals surface area contributed by atoms with E-state index in [0.29, 0.717) is 17.4 Å². The molecule has 0 aromatic carbocycles. The molecule has 0 bridgehead atoms. The molecule has 0 amide bonds. The van der Waals surface area contributed by atoms with Crippen LogP contribution in [0.15, 0.2) is 12.3 Å². The molecule has 0 saturated carbocycles. The van der Waals surface area contributed by atoms with E-state index in [2.05, 4.69) is 13.8 Å². The minimum Gasteiger partial charge on any atom is -0.498 e. The van der Waals surface area contributed by atoms with Gasteiger partial charge in [0.05, 0.1) is 34.0 Å². The molecule has 0 rings (SSSR count). The third-order valence-electron chi connectivity index (χ3n) is 8.42. The van der Waals surface area contributed by atoms with Crippen molar-refractivity contribution in [2.45, 2.75) is 180 Å². The van der Waals surface area contributed by atoms with Crippen LogP contribution in [0.5, 0.6) is 0 Å². The normalized spacial score (nSPS) is 14.0. The van der Waals surface area contributed by atoms with Crippen LogP contribution >= 0.6 is 7.82 Å². The number of ether oxygens (including phenoxy) is 2.